The Morgan fingerprint density at radius 1 is 0.641 bits per heavy atom. The maximum Gasteiger partial charge on any atom is 0.333 e. The average molecular weight is 963 g/mol. The largest absolute Gasteiger partial charge is 0.453 e. The summed E-state index contributed by atoms with van der Waals surface area (Å²) in [5.41, 5.74) is 0.244. The van der Waals surface area contributed by atoms with Crippen LogP contribution >= 0.6 is 24.6 Å². The Morgan fingerprint density at radius 3 is 1.66 bits per heavy atom. The van der Waals surface area contributed by atoms with Crippen molar-refractivity contribution in [2.24, 2.45) is 17.8 Å². The van der Waals surface area contributed by atoms with Crippen molar-refractivity contribution < 1.29 is 91.3 Å². The fraction of sp³-hybridized carbons (Fsp3) is 0.907. The summed E-state index contributed by atoms with van der Waals surface area (Å²) in [6.07, 6.45) is 4.06. The third-order valence-corrected chi connectivity index (χ3v) is 12.3. The van der Waals surface area contributed by atoms with Crippen molar-refractivity contribution in [2.45, 2.75) is 219 Å². The van der Waals surface area contributed by atoms with Crippen molar-refractivity contribution in [3.8, 4) is 0 Å². The van der Waals surface area contributed by atoms with Crippen LogP contribution in [0.1, 0.15) is 157 Å². The highest BCUT2D eigenvalue weighted by Crippen LogP contribution is 2.36. The highest BCUT2D eigenvalue weighted by Gasteiger charge is 2.55. The predicted octanol–water partition coefficient (Wildman–Crippen LogP) is 7.64. The van der Waals surface area contributed by atoms with Gasteiger partial charge in [-0.3, -0.25) is 13.2 Å². The molecule has 0 radical (unpaired) electrons. The number of ether oxygens (including phenoxy) is 5. The van der Waals surface area contributed by atoms with E-state index in [0.717, 1.165) is 51.4 Å². The van der Waals surface area contributed by atoms with E-state index in [1.807, 2.05) is 6.92 Å². The van der Waals surface area contributed by atoms with Gasteiger partial charge in [0.25, 0.3) is 0 Å². The molecule has 10 unspecified atom stereocenters. The van der Waals surface area contributed by atoms with Gasteiger partial charge in [-0.1, -0.05) is 141 Å². The van der Waals surface area contributed by atoms with Crippen LogP contribution in [0.3, 0.4) is 0 Å². The molecule has 376 valence electrons. The second kappa shape index (κ2) is 35.0. The molecule has 0 aliphatic carbocycles. The fourth-order valence-corrected chi connectivity index (χ4v) is 9.08. The number of unbranched alkanes of at least 4 members (excludes halogenated alkanes) is 12. The normalized spacial score (nSPS) is 27.8. The Bertz CT molecular complexity index is 1250. The molecule has 0 aromatic heterocycles. The number of aliphatic hydroxyl groups is 4. The van der Waals surface area contributed by atoms with Crippen LogP contribution in [0.4, 0.5) is 0 Å². The number of hydrogen-bond donors (Lipinski definition) is 6. The van der Waals surface area contributed by atoms with Gasteiger partial charge >= 0.3 is 11.9 Å². The monoisotopic (exact) mass is 962 g/mol. The summed E-state index contributed by atoms with van der Waals surface area (Å²) in [4.78, 5) is 27.3. The van der Waals surface area contributed by atoms with E-state index in [-0.39, 0.29) is 42.6 Å². The number of hydrogen-bond acceptors (Lipinski definition) is 21. The first-order valence-corrected chi connectivity index (χ1v) is 24.4. The first kappa shape index (κ1) is 58.9. The maximum absolute atomic E-state index is 13.8. The van der Waals surface area contributed by atoms with Crippen LogP contribution in [0.5, 0.6) is 0 Å². The van der Waals surface area contributed by atoms with E-state index in [1.165, 1.54) is 51.4 Å². The van der Waals surface area contributed by atoms with Crippen LogP contribution < -0.4 is 0 Å². The minimum Gasteiger partial charge on any atom is -0.453 e. The molecule has 2 fully saturated rings. The van der Waals surface area contributed by atoms with Crippen molar-refractivity contribution in [3.63, 3.8) is 0 Å². The highest BCUT2D eigenvalue weighted by atomic mass is 32.2. The van der Waals surface area contributed by atoms with Crippen molar-refractivity contribution in [2.75, 3.05) is 13.2 Å². The fourth-order valence-electron chi connectivity index (χ4n) is 8.36. The van der Waals surface area contributed by atoms with E-state index in [9.17, 15) is 30.0 Å². The van der Waals surface area contributed by atoms with Gasteiger partial charge in [0.1, 0.15) is 30.5 Å². The number of esters is 2. The number of carbonyl (C=O) groups is 2. The quantitative estimate of drug-likeness (QED) is 0.00880. The first-order valence-electron chi connectivity index (χ1n) is 23.1. The van der Waals surface area contributed by atoms with Crippen molar-refractivity contribution in [1.82, 2.24) is 0 Å². The molecule has 0 bridgehead atoms. The molecule has 19 nitrogen and oxygen atoms in total. The molecule has 0 aromatic carbocycles. The molecule has 13 atom stereocenters. The summed E-state index contributed by atoms with van der Waals surface area (Å²) >= 11 is 0.101. The molecule has 21 heteroatoms. The Morgan fingerprint density at radius 2 is 1.14 bits per heavy atom. The minimum atomic E-state index is -1.76. The molecule has 2 rings (SSSR count). The number of carbonyl (C=O) groups excluding carboxylic acids is 2. The molecule has 0 aromatic rings. The van der Waals surface area contributed by atoms with Gasteiger partial charge in [0, 0.05) is 12.0 Å². The van der Waals surface area contributed by atoms with Gasteiger partial charge in [-0.05, 0) is 43.9 Å². The van der Waals surface area contributed by atoms with Crippen molar-refractivity contribution in [1.29, 1.82) is 0 Å². The van der Waals surface area contributed by atoms with Gasteiger partial charge in [0.05, 0.1) is 13.2 Å². The molecular weight excluding hydrogens is 885 g/mol. The van der Waals surface area contributed by atoms with Gasteiger partial charge in [0.2, 0.25) is 6.29 Å². The van der Waals surface area contributed by atoms with Crippen LogP contribution in [0.25, 0.3) is 0 Å². The third-order valence-electron chi connectivity index (χ3n) is 11.5. The topological polar surface area (TPSA) is 257 Å². The second-order valence-corrected chi connectivity index (χ2v) is 18.2. The standard InChI is InChI=1S/C43H78O19S2/c1-7-9-10-11-12-13-14-15-16-17-18-19-20-22-34(46)54-39-37(55-41(49)31(6)25-30(5)24-29(4)23-28(3)21-8-2)35(47)32(26-44)52-42(39)56-43-40(58-64-62-60-51)38(57-63-61-59-50)36(48)33(27-45)53-43/h25,28-30,32-33,35-40,42-45,47-48,50-51H,7-24,26-27H2,1-6H3/t28-,29-,30-,32?,33?,35?,36?,37?,38?,39?,40?,42?,43?/m0/s1. The van der Waals surface area contributed by atoms with Crippen LogP contribution in [0.2, 0.25) is 0 Å². The Hall–Kier alpha value is -1.22. The zero-order chi connectivity index (χ0) is 47.3. The average Bonchev–Trinajstić information content (AvgIpc) is 3.26. The lowest BCUT2D eigenvalue weighted by molar-refractivity contribution is -0.436. The predicted molar refractivity (Wildman–Crippen MR) is 235 cm³/mol. The molecular formula is C43H78O19S2. The van der Waals surface area contributed by atoms with E-state index < -0.39 is 86.6 Å². The van der Waals surface area contributed by atoms with E-state index in [0.29, 0.717) is 18.3 Å². The molecule has 0 spiro atoms. The van der Waals surface area contributed by atoms with E-state index >= 15 is 0 Å². The van der Waals surface area contributed by atoms with Gasteiger partial charge in [-0.25, -0.2) is 15.3 Å². The third kappa shape index (κ3) is 22.3. The molecule has 0 saturated carbocycles. The summed E-state index contributed by atoms with van der Waals surface area (Å²) in [7, 11) is 0. The number of allylic oxidation sites excluding steroid dienone is 1. The van der Waals surface area contributed by atoms with Crippen LogP contribution in [0.15, 0.2) is 11.6 Å². The van der Waals surface area contributed by atoms with Crippen LogP contribution in [-0.4, -0.2) is 118 Å². The van der Waals surface area contributed by atoms with E-state index in [1.54, 1.807) is 13.0 Å². The Kier molecular flexibility index (Phi) is 32.2. The Labute approximate surface area is 388 Å². The Balaban J connectivity index is 2.32. The van der Waals surface area contributed by atoms with Crippen molar-refractivity contribution >= 4 is 36.6 Å². The zero-order valence-corrected chi connectivity index (χ0v) is 40.2. The molecule has 2 aliphatic heterocycles. The summed E-state index contributed by atoms with van der Waals surface area (Å²) in [6.45, 7) is 10.8. The SMILES string of the molecule is CCCCCCCCCCCCCCCC(=O)OC1C(OC2OC(CO)C(O)C(OSOOO)C2OSOOO)OC(CO)C(O)C1OC(=O)C(C)=C[C@@H](C)C[C@@H](C)C[C@@H](C)CCC. The summed E-state index contributed by atoms with van der Waals surface area (Å²) in [5, 5.41) is 67.3. The summed E-state index contributed by atoms with van der Waals surface area (Å²) in [6, 6.07) is 0. The summed E-state index contributed by atoms with van der Waals surface area (Å²) in [5.74, 6) is -0.549. The lowest BCUT2D eigenvalue weighted by atomic mass is 9.87. The second-order valence-electron chi connectivity index (χ2n) is 17.2. The maximum atomic E-state index is 13.8. The lowest BCUT2D eigenvalue weighted by Gasteiger charge is -2.46. The molecule has 2 saturated heterocycles. The number of aliphatic hydroxyl groups excluding tert-OH is 4. The zero-order valence-electron chi connectivity index (χ0n) is 38.5. The van der Waals surface area contributed by atoms with Gasteiger partial charge < -0.3 is 44.1 Å². The molecule has 2 heterocycles. The van der Waals surface area contributed by atoms with Crippen LogP contribution in [-0.2, 0) is 60.4 Å². The lowest BCUT2D eigenvalue weighted by Crippen LogP contribution is -2.65. The van der Waals surface area contributed by atoms with E-state index in [2.05, 4.69) is 46.4 Å². The molecule has 6 N–H and O–H groups in total. The van der Waals surface area contributed by atoms with Crippen LogP contribution in [0, 0.1) is 17.8 Å². The highest BCUT2D eigenvalue weighted by molar-refractivity contribution is 7.90. The smallest absolute Gasteiger partial charge is 0.333 e. The first-order chi connectivity index (χ1) is 30.8. The van der Waals surface area contributed by atoms with Gasteiger partial charge in [-0.15, -0.1) is 8.67 Å². The molecule has 0 amide bonds. The van der Waals surface area contributed by atoms with E-state index in [4.69, 9.17) is 42.6 Å². The molecule has 2 aliphatic rings. The van der Waals surface area contributed by atoms with Gasteiger partial charge in [0.15, 0.2) is 49.2 Å². The molecule has 64 heavy (non-hydrogen) atoms. The summed E-state index contributed by atoms with van der Waals surface area (Å²) < 4.78 is 49.2. The van der Waals surface area contributed by atoms with Crippen molar-refractivity contribution in [3.05, 3.63) is 11.6 Å². The minimum absolute atomic E-state index is 0.00200. The van der Waals surface area contributed by atoms with Gasteiger partial charge in [-0.2, -0.15) is 0 Å². The number of rotatable bonds is 36.